The number of ether oxygens (including phenoxy) is 1. The highest BCUT2D eigenvalue weighted by Gasteiger charge is 2.33. The van der Waals surface area contributed by atoms with E-state index in [1.807, 2.05) is 6.08 Å². The standard InChI is InChI=1S/C18H34N2O/c1-8-15(12-14(2)3)19-17(18(4,5)6)20-11-9-10-16(20)13-21-7/h8,14-16H,1,9-13H2,2-7H3/t15-,16+/m1/s1. The number of aliphatic imine (C=N–C) groups is 1. The van der Waals surface area contributed by atoms with Gasteiger partial charge in [0.1, 0.15) is 5.84 Å². The van der Waals surface area contributed by atoms with E-state index < -0.39 is 0 Å². The van der Waals surface area contributed by atoms with Crippen LogP contribution in [0.3, 0.4) is 0 Å². The number of amidine groups is 1. The van der Waals surface area contributed by atoms with Crippen molar-refractivity contribution in [1.29, 1.82) is 0 Å². The van der Waals surface area contributed by atoms with Gasteiger partial charge in [-0.2, -0.15) is 0 Å². The topological polar surface area (TPSA) is 24.8 Å². The monoisotopic (exact) mass is 294 g/mol. The Hall–Kier alpha value is -0.830. The molecule has 2 atom stereocenters. The predicted octanol–water partition coefficient (Wildman–Crippen LogP) is 4.14. The Bertz CT molecular complexity index is 355. The minimum atomic E-state index is 0.0502. The Labute approximate surface area is 131 Å². The lowest BCUT2D eigenvalue weighted by molar-refractivity contribution is 0.141. The number of nitrogens with zero attached hydrogens (tertiary/aromatic N) is 2. The molecule has 1 aliphatic rings. The first-order valence-corrected chi connectivity index (χ1v) is 8.26. The molecular weight excluding hydrogens is 260 g/mol. The number of hydrogen-bond acceptors (Lipinski definition) is 2. The Morgan fingerprint density at radius 2 is 2.10 bits per heavy atom. The molecule has 0 spiro atoms. The summed E-state index contributed by atoms with van der Waals surface area (Å²) in [6.07, 6.45) is 5.48. The van der Waals surface area contributed by atoms with Crippen LogP contribution in [0.25, 0.3) is 0 Å². The second kappa shape index (κ2) is 7.98. The van der Waals surface area contributed by atoms with Crippen molar-refractivity contribution >= 4 is 5.84 Å². The third kappa shape index (κ3) is 5.46. The van der Waals surface area contributed by atoms with E-state index in [-0.39, 0.29) is 11.5 Å². The maximum Gasteiger partial charge on any atom is 0.105 e. The van der Waals surface area contributed by atoms with Crippen molar-refractivity contribution in [3.8, 4) is 0 Å². The highest BCUT2D eigenvalue weighted by molar-refractivity contribution is 5.88. The number of rotatable bonds is 6. The van der Waals surface area contributed by atoms with E-state index in [1.54, 1.807) is 7.11 Å². The van der Waals surface area contributed by atoms with Gasteiger partial charge in [0.05, 0.1) is 18.7 Å². The average Bonchev–Trinajstić information content (AvgIpc) is 2.80. The van der Waals surface area contributed by atoms with E-state index in [1.165, 1.54) is 18.7 Å². The van der Waals surface area contributed by atoms with Crippen molar-refractivity contribution in [2.24, 2.45) is 16.3 Å². The molecule has 0 radical (unpaired) electrons. The summed E-state index contributed by atoms with van der Waals surface area (Å²) in [7, 11) is 1.79. The van der Waals surface area contributed by atoms with E-state index in [4.69, 9.17) is 9.73 Å². The minimum Gasteiger partial charge on any atom is -0.383 e. The Balaban J connectivity index is 3.02. The fourth-order valence-electron chi connectivity index (χ4n) is 3.02. The van der Waals surface area contributed by atoms with E-state index in [0.29, 0.717) is 12.0 Å². The quantitative estimate of drug-likeness (QED) is 0.418. The molecular formula is C18H34N2O. The maximum atomic E-state index is 5.40. The third-order valence-electron chi connectivity index (χ3n) is 3.95. The van der Waals surface area contributed by atoms with E-state index in [2.05, 4.69) is 46.1 Å². The molecule has 0 amide bonds. The molecule has 1 rings (SSSR count). The van der Waals surface area contributed by atoms with Crippen LogP contribution in [0.2, 0.25) is 0 Å². The van der Waals surface area contributed by atoms with Gasteiger partial charge in [-0.25, -0.2) is 0 Å². The third-order valence-corrected chi connectivity index (χ3v) is 3.95. The van der Waals surface area contributed by atoms with Gasteiger partial charge in [0.2, 0.25) is 0 Å². The van der Waals surface area contributed by atoms with E-state index in [0.717, 1.165) is 19.6 Å². The molecule has 1 heterocycles. The smallest absolute Gasteiger partial charge is 0.105 e. The van der Waals surface area contributed by atoms with Crippen LogP contribution in [0.5, 0.6) is 0 Å². The molecule has 3 heteroatoms. The Morgan fingerprint density at radius 1 is 1.43 bits per heavy atom. The van der Waals surface area contributed by atoms with Crippen LogP contribution in [0.15, 0.2) is 17.6 Å². The van der Waals surface area contributed by atoms with Crippen molar-refractivity contribution in [3.05, 3.63) is 12.7 Å². The molecule has 0 N–H and O–H groups in total. The average molecular weight is 294 g/mol. The fourth-order valence-corrected chi connectivity index (χ4v) is 3.02. The summed E-state index contributed by atoms with van der Waals surface area (Å²) < 4.78 is 5.40. The largest absolute Gasteiger partial charge is 0.383 e. The van der Waals surface area contributed by atoms with Gasteiger partial charge in [-0.3, -0.25) is 4.99 Å². The molecule has 0 unspecified atom stereocenters. The lowest BCUT2D eigenvalue weighted by atomic mass is 9.92. The SMILES string of the molecule is C=C[C@H](CC(C)C)N=C(N1CCC[C@H]1COC)C(C)(C)C. The number of methoxy groups -OCH3 is 1. The second-order valence-electron chi connectivity index (χ2n) is 7.58. The van der Waals surface area contributed by atoms with Gasteiger partial charge in [-0.1, -0.05) is 40.7 Å². The van der Waals surface area contributed by atoms with Crippen molar-refractivity contribution in [2.45, 2.75) is 66.0 Å². The zero-order valence-corrected chi connectivity index (χ0v) is 14.9. The number of likely N-dealkylation sites (tertiary alicyclic amines) is 1. The molecule has 0 saturated carbocycles. The Kier molecular flexibility index (Phi) is 6.92. The molecule has 0 aromatic heterocycles. The van der Waals surface area contributed by atoms with Gasteiger partial charge in [0.25, 0.3) is 0 Å². The van der Waals surface area contributed by atoms with Crippen LogP contribution in [0.1, 0.15) is 53.9 Å². The molecule has 1 aliphatic heterocycles. The first-order chi connectivity index (χ1) is 9.79. The summed E-state index contributed by atoms with van der Waals surface area (Å²) in [5, 5.41) is 0. The summed E-state index contributed by atoms with van der Waals surface area (Å²) >= 11 is 0. The van der Waals surface area contributed by atoms with Gasteiger partial charge in [0.15, 0.2) is 0 Å². The van der Waals surface area contributed by atoms with Gasteiger partial charge in [-0.15, -0.1) is 6.58 Å². The van der Waals surface area contributed by atoms with E-state index >= 15 is 0 Å². The first kappa shape index (κ1) is 18.2. The summed E-state index contributed by atoms with van der Waals surface area (Å²) in [5.74, 6) is 1.85. The lowest BCUT2D eigenvalue weighted by Crippen LogP contribution is -2.45. The molecule has 21 heavy (non-hydrogen) atoms. The summed E-state index contributed by atoms with van der Waals surface area (Å²) in [6, 6.07) is 0.681. The van der Waals surface area contributed by atoms with Crippen LogP contribution in [0, 0.1) is 11.3 Å². The normalized spacial score (nSPS) is 22.0. The zero-order valence-electron chi connectivity index (χ0n) is 14.9. The van der Waals surface area contributed by atoms with Crippen LogP contribution >= 0.6 is 0 Å². The molecule has 3 nitrogen and oxygen atoms in total. The fraction of sp³-hybridized carbons (Fsp3) is 0.833. The highest BCUT2D eigenvalue weighted by Crippen LogP contribution is 2.28. The molecule has 0 aromatic rings. The van der Waals surface area contributed by atoms with Gasteiger partial charge in [-0.05, 0) is 25.2 Å². The zero-order chi connectivity index (χ0) is 16.0. The van der Waals surface area contributed by atoms with Gasteiger partial charge >= 0.3 is 0 Å². The highest BCUT2D eigenvalue weighted by atomic mass is 16.5. The Morgan fingerprint density at radius 3 is 2.57 bits per heavy atom. The van der Waals surface area contributed by atoms with Gasteiger partial charge < -0.3 is 9.64 Å². The van der Waals surface area contributed by atoms with E-state index in [9.17, 15) is 0 Å². The van der Waals surface area contributed by atoms with Crippen LogP contribution in [-0.2, 0) is 4.74 Å². The molecule has 0 bridgehead atoms. The van der Waals surface area contributed by atoms with Crippen molar-refractivity contribution in [3.63, 3.8) is 0 Å². The van der Waals surface area contributed by atoms with Crippen molar-refractivity contribution in [2.75, 3.05) is 20.3 Å². The molecule has 1 fully saturated rings. The van der Waals surface area contributed by atoms with Crippen molar-refractivity contribution < 1.29 is 4.74 Å². The molecule has 0 aromatic carbocycles. The molecule has 1 saturated heterocycles. The van der Waals surface area contributed by atoms with Crippen LogP contribution in [-0.4, -0.2) is 43.1 Å². The minimum absolute atomic E-state index is 0.0502. The summed E-state index contributed by atoms with van der Waals surface area (Å²) in [6.45, 7) is 17.1. The molecule has 122 valence electrons. The lowest BCUT2D eigenvalue weighted by Gasteiger charge is -2.35. The summed E-state index contributed by atoms with van der Waals surface area (Å²) in [4.78, 5) is 7.56. The first-order valence-electron chi connectivity index (χ1n) is 8.26. The van der Waals surface area contributed by atoms with Crippen molar-refractivity contribution in [1.82, 2.24) is 4.90 Å². The maximum absolute atomic E-state index is 5.40. The summed E-state index contributed by atoms with van der Waals surface area (Å²) in [5.41, 5.74) is 0.0502. The molecule has 0 aliphatic carbocycles. The van der Waals surface area contributed by atoms with Crippen LogP contribution < -0.4 is 0 Å². The van der Waals surface area contributed by atoms with Crippen LogP contribution in [0.4, 0.5) is 0 Å². The number of hydrogen-bond donors (Lipinski definition) is 0. The second-order valence-corrected chi connectivity index (χ2v) is 7.58. The predicted molar refractivity (Wildman–Crippen MR) is 91.9 cm³/mol. The van der Waals surface area contributed by atoms with Gasteiger partial charge in [0, 0.05) is 19.1 Å².